The standard InChI is InChI=1S/C21H18F4N2O4/c1-2-11-31-15-9-5-12(6-10-15)17-16(18(28)13-3-7-14(22)8-4-13)20(30,21(23,24)25)27-19(29)26-17/h2-10,16-17,30H,1,11H2,(H2,26,27,29)/t16-,17-,20-/m1/s1. The van der Waals surface area contributed by atoms with Crippen molar-refractivity contribution >= 4 is 11.8 Å². The molecular weight excluding hydrogens is 420 g/mol. The summed E-state index contributed by atoms with van der Waals surface area (Å²) in [7, 11) is 0. The van der Waals surface area contributed by atoms with Gasteiger partial charge in [0, 0.05) is 5.56 Å². The van der Waals surface area contributed by atoms with Crippen LogP contribution in [0.3, 0.4) is 0 Å². The molecular formula is C21H18F4N2O4. The number of ether oxygens (including phenoxy) is 1. The normalized spacial score (nSPS) is 23.5. The number of alkyl halides is 3. The number of hydrogen-bond acceptors (Lipinski definition) is 4. The van der Waals surface area contributed by atoms with Crippen molar-refractivity contribution in [3.05, 3.63) is 78.1 Å². The van der Waals surface area contributed by atoms with Gasteiger partial charge in [0.1, 0.15) is 24.1 Å². The Labute approximate surface area is 174 Å². The van der Waals surface area contributed by atoms with E-state index in [9.17, 15) is 32.3 Å². The van der Waals surface area contributed by atoms with Crippen molar-refractivity contribution in [3.63, 3.8) is 0 Å². The van der Waals surface area contributed by atoms with Gasteiger partial charge in [0.25, 0.3) is 0 Å². The minimum absolute atomic E-state index is 0.129. The van der Waals surface area contributed by atoms with Crippen LogP contribution >= 0.6 is 0 Å². The number of amides is 2. The number of ketones is 1. The summed E-state index contributed by atoms with van der Waals surface area (Å²) in [5.74, 6) is -3.64. The molecule has 2 aromatic carbocycles. The summed E-state index contributed by atoms with van der Waals surface area (Å²) in [5, 5.41) is 14.2. The molecule has 0 saturated carbocycles. The third-order valence-corrected chi connectivity index (χ3v) is 4.82. The van der Waals surface area contributed by atoms with Crippen molar-refractivity contribution in [3.8, 4) is 5.75 Å². The van der Waals surface area contributed by atoms with Crippen molar-refractivity contribution in [2.75, 3.05) is 6.61 Å². The topological polar surface area (TPSA) is 87.7 Å². The fourth-order valence-corrected chi connectivity index (χ4v) is 3.34. The molecule has 1 saturated heterocycles. The van der Waals surface area contributed by atoms with Gasteiger partial charge in [-0.25, -0.2) is 9.18 Å². The van der Waals surface area contributed by atoms with Crippen LogP contribution in [0.1, 0.15) is 22.0 Å². The van der Waals surface area contributed by atoms with E-state index in [0.717, 1.165) is 24.3 Å². The van der Waals surface area contributed by atoms with Gasteiger partial charge in [0.15, 0.2) is 5.78 Å². The van der Waals surface area contributed by atoms with E-state index in [4.69, 9.17) is 4.74 Å². The highest BCUT2D eigenvalue weighted by atomic mass is 19.4. The van der Waals surface area contributed by atoms with E-state index < -0.39 is 41.5 Å². The summed E-state index contributed by atoms with van der Waals surface area (Å²) < 4.78 is 60.1. The van der Waals surface area contributed by atoms with Crippen molar-refractivity contribution in [2.24, 2.45) is 5.92 Å². The van der Waals surface area contributed by atoms with Crippen LogP contribution in [0.25, 0.3) is 0 Å². The zero-order valence-corrected chi connectivity index (χ0v) is 15.9. The Bertz CT molecular complexity index is 976. The molecule has 10 heteroatoms. The van der Waals surface area contributed by atoms with E-state index in [1.807, 2.05) is 0 Å². The molecule has 0 unspecified atom stereocenters. The van der Waals surface area contributed by atoms with Gasteiger partial charge in [-0.3, -0.25) is 4.79 Å². The smallest absolute Gasteiger partial charge is 0.437 e. The predicted octanol–water partition coefficient (Wildman–Crippen LogP) is 3.49. The zero-order valence-electron chi connectivity index (χ0n) is 15.9. The molecule has 1 heterocycles. The van der Waals surface area contributed by atoms with Crippen molar-refractivity contribution < 1.29 is 37.0 Å². The fraction of sp³-hybridized carbons (Fsp3) is 0.238. The molecule has 3 N–H and O–H groups in total. The predicted molar refractivity (Wildman–Crippen MR) is 102 cm³/mol. The zero-order chi connectivity index (χ0) is 22.8. The van der Waals surface area contributed by atoms with E-state index in [1.54, 1.807) is 0 Å². The number of nitrogens with one attached hydrogen (secondary N) is 2. The van der Waals surface area contributed by atoms with E-state index >= 15 is 0 Å². The van der Waals surface area contributed by atoms with Gasteiger partial charge in [0.2, 0.25) is 5.72 Å². The first-order chi connectivity index (χ1) is 14.6. The lowest BCUT2D eigenvalue weighted by atomic mass is 9.77. The summed E-state index contributed by atoms with van der Waals surface area (Å²) in [5.41, 5.74) is -3.99. The second-order valence-corrected chi connectivity index (χ2v) is 6.86. The summed E-state index contributed by atoms with van der Waals surface area (Å²) in [6.07, 6.45) is -3.88. The monoisotopic (exact) mass is 438 g/mol. The first kappa shape index (κ1) is 22.3. The number of carbonyl (C=O) groups is 2. The molecule has 2 amide bonds. The molecule has 3 atom stereocenters. The van der Waals surface area contributed by atoms with Gasteiger partial charge in [0.05, 0.1) is 6.04 Å². The molecule has 6 nitrogen and oxygen atoms in total. The lowest BCUT2D eigenvalue weighted by Gasteiger charge is -2.45. The lowest BCUT2D eigenvalue weighted by molar-refractivity contribution is -0.287. The quantitative estimate of drug-likeness (QED) is 0.366. The minimum atomic E-state index is -5.38. The first-order valence-electron chi connectivity index (χ1n) is 9.08. The van der Waals surface area contributed by atoms with Crippen LogP contribution in [0.15, 0.2) is 61.2 Å². The minimum Gasteiger partial charge on any atom is -0.490 e. The molecule has 0 aromatic heterocycles. The lowest BCUT2D eigenvalue weighted by Crippen LogP contribution is -2.72. The average molecular weight is 438 g/mol. The van der Waals surface area contributed by atoms with Gasteiger partial charge in [-0.15, -0.1) is 0 Å². The molecule has 1 fully saturated rings. The summed E-state index contributed by atoms with van der Waals surface area (Å²) in [4.78, 5) is 25.1. The van der Waals surface area contributed by atoms with Gasteiger partial charge >= 0.3 is 12.2 Å². The van der Waals surface area contributed by atoms with Crippen LogP contribution < -0.4 is 15.4 Å². The maximum absolute atomic E-state index is 13.8. The van der Waals surface area contributed by atoms with E-state index in [1.165, 1.54) is 35.7 Å². The molecule has 3 rings (SSSR count). The van der Waals surface area contributed by atoms with Gasteiger partial charge < -0.3 is 20.5 Å². The maximum Gasteiger partial charge on any atom is 0.437 e. The van der Waals surface area contributed by atoms with E-state index in [-0.39, 0.29) is 17.7 Å². The second kappa shape index (κ2) is 8.38. The van der Waals surface area contributed by atoms with Crippen molar-refractivity contribution in [1.29, 1.82) is 0 Å². The highest BCUT2D eigenvalue weighted by molar-refractivity contribution is 6.00. The summed E-state index contributed by atoms with van der Waals surface area (Å²) >= 11 is 0. The van der Waals surface area contributed by atoms with Crippen LogP contribution in [-0.4, -0.2) is 35.4 Å². The summed E-state index contributed by atoms with van der Waals surface area (Å²) in [6, 6.07) is 6.63. The largest absolute Gasteiger partial charge is 0.490 e. The number of rotatable bonds is 6. The molecule has 0 aliphatic carbocycles. The maximum atomic E-state index is 13.8. The van der Waals surface area contributed by atoms with Crippen LogP contribution in [0.4, 0.5) is 22.4 Å². The van der Waals surface area contributed by atoms with Crippen LogP contribution in [0, 0.1) is 11.7 Å². The SMILES string of the molecule is C=CCOc1ccc([C@H]2NC(=O)N[C@](O)(C(F)(F)F)[C@H]2C(=O)c2ccc(F)cc2)cc1. The first-order valence-corrected chi connectivity index (χ1v) is 9.08. The van der Waals surface area contributed by atoms with Crippen LogP contribution in [0.5, 0.6) is 5.75 Å². The average Bonchev–Trinajstić information content (AvgIpc) is 2.71. The Morgan fingerprint density at radius 1 is 1.16 bits per heavy atom. The Kier molecular flexibility index (Phi) is 6.03. The summed E-state index contributed by atoms with van der Waals surface area (Å²) in [6.45, 7) is 3.70. The Morgan fingerprint density at radius 3 is 2.32 bits per heavy atom. The van der Waals surface area contributed by atoms with Crippen LogP contribution in [-0.2, 0) is 0 Å². The third kappa shape index (κ3) is 4.38. The highest BCUT2D eigenvalue weighted by Gasteiger charge is 2.66. The number of halogens is 4. The second-order valence-electron chi connectivity index (χ2n) is 6.86. The van der Waals surface area contributed by atoms with E-state index in [2.05, 4.69) is 11.9 Å². The van der Waals surface area contributed by atoms with Gasteiger partial charge in [-0.05, 0) is 42.0 Å². The van der Waals surface area contributed by atoms with Crippen LogP contribution in [0.2, 0.25) is 0 Å². The molecule has 0 spiro atoms. The molecule has 1 aliphatic heterocycles. The number of carbonyl (C=O) groups excluding carboxylic acids is 2. The number of Topliss-reactive ketones (excluding diaryl/α,β-unsaturated/α-hetero) is 1. The molecule has 1 aliphatic rings. The fourth-order valence-electron chi connectivity index (χ4n) is 3.34. The highest BCUT2D eigenvalue weighted by Crippen LogP contribution is 2.44. The molecule has 2 aromatic rings. The third-order valence-electron chi connectivity index (χ3n) is 4.82. The Balaban J connectivity index is 2.07. The number of hydrogen-bond donors (Lipinski definition) is 3. The van der Waals surface area contributed by atoms with Gasteiger partial charge in [-0.1, -0.05) is 24.8 Å². The molecule has 0 bridgehead atoms. The molecule has 164 valence electrons. The van der Waals surface area contributed by atoms with Gasteiger partial charge in [-0.2, -0.15) is 13.2 Å². The van der Waals surface area contributed by atoms with Crippen molar-refractivity contribution in [2.45, 2.75) is 17.9 Å². The number of aliphatic hydroxyl groups is 1. The number of urea groups is 1. The molecule has 31 heavy (non-hydrogen) atoms. The van der Waals surface area contributed by atoms with Crippen molar-refractivity contribution in [1.82, 2.24) is 10.6 Å². The van der Waals surface area contributed by atoms with E-state index in [0.29, 0.717) is 5.75 Å². The Morgan fingerprint density at radius 2 is 1.77 bits per heavy atom. The number of benzene rings is 2. The Hall–Kier alpha value is -3.40. The molecule has 0 radical (unpaired) electrons.